The summed E-state index contributed by atoms with van der Waals surface area (Å²) in [6.07, 6.45) is -0.593. The molecule has 0 fully saturated rings. The third-order valence-corrected chi connectivity index (χ3v) is 2.77. The zero-order valence-corrected chi connectivity index (χ0v) is 12.9. The molecule has 0 atom stereocenters. The van der Waals surface area contributed by atoms with Crippen LogP contribution in [0.1, 0.15) is 25.8 Å². The van der Waals surface area contributed by atoms with Gasteiger partial charge in [0.1, 0.15) is 12.4 Å². The molecule has 0 radical (unpaired) electrons. The summed E-state index contributed by atoms with van der Waals surface area (Å²) in [7, 11) is 0. The molecule has 0 aliphatic heterocycles. The van der Waals surface area contributed by atoms with Crippen LogP contribution in [0.4, 0.5) is 4.79 Å². The first kappa shape index (κ1) is 17.7. The highest BCUT2D eigenvalue weighted by Crippen LogP contribution is 2.04. The van der Waals surface area contributed by atoms with Crippen LogP contribution in [0.15, 0.2) is 30.3 Å². The standard InChI is InChI=1S/C16H21NO5/c1-3-21-15(19)9-10-17(11-13(2)18)16(20)22-12-14-7-5-4-6-8-14/h4-8H,3,9-12H2,1-2H3. The molecule has 0 N–H and O–H groups in total. The van der Waals surface area contributed by atoms with E-state index in [4.69, 9.17) is 9.47 Å². The van der Waals surface area contributed by atoms with Crippen molar-refractivity contribution in [1.29, 1.82) is 0 Å². The van der Waals surface area contributed by atoms with Gasteiger partial charge in [0.2, 0.25) is 0 Å². The van der Waals surface area contributed by atoms with E-state index in [9.17, 15) is 14.4 Å². The molecule has 0 saturated carbocycles. The minimum Gasteiger partial charge on any atom is -0.466 e. The molecule has 0 aliphatic carbocycles. The number of hydrogen-bond donors (Lipinski definition) is 0. The summed E-state index contributed by atoms with van der Waals surface area (Å²) in [6.45, 7) is 3.48. The highest BCUT2D eigenvalue weighted by atomic mass is 16.6. The quantitative estimate of drug-likeness (QED) is 0.688. The van der Waals surface area contributed by atoms with Crippen molar-refractivity contribution in [2.75, 3.05) is 19.7 Å². The van der Waals surface area contributed by atoms with Crippen molar-refractivity contribution in [2.45, 2.75) is 26.9 Å². The second-order valence-corrected chi connectivity index (χ2v) is 4.72. The molecule has 22 heavy (non-hydrogen) atoms. The van der Waals surface area contributed by atoms with Gasteiger partial charge < -0.3 is 14.4 Å². The van der Waals surface area contributed by atoms with Crippen LogP contribution in [-0.2, 0) is 25.7 Å². The van der Waals surface area contributed by atoms with E-state index in [1.54, 1.807) is 6.92 Å². The minimum atomic E-state index is -0.622. The third-order valence-electron chi connectivity index (χ3n) is 2.77. The van der Waals surface area contributed by atoms with E-state index < -0.39 is 12.1 Å². The van der Waals surface area contributed by atoms with Crippen molar-refractivity contribution >= 4 is 17.8 Å². The minimum absolute atomic E-state index is 0.0293. The Hall–Kier alpha value is -2.37. The summed E-state index contributed by atoms with van der Waals surface area (Å²) in [6, 6.07) is 9.23. The van der Waals surface area contributed by atoms with Crippen LogP contribution in [0.3, 0.4) is 0 Å². The van der Waals surface area contributed by atoms with E-state index in [0.29, 0.717) is 0 Å². The molecular weight excluding hydrogens is 286 g/mol. The number of carbonyl (C=O) groups is 3. The molecule has 0 unspecified atom stereocenters. The van der Waals surface area contributed by atoms with Crippen LogP contribution in [0.25, 0.3) is 0 Å². The largest absolute Gasteiger partial charge is 0.466 e. The molecule has 0 aliphatic rings. The summed E-state index contributed by atoms with van der Waals surface area (Å²) in [5.41, 5.74) is 0.851. The number of amides is 1. The molecule has 1 aromatic rings. The zero-order valence-electron chi connectivity index (χ0n) is 12.9. The summed E-state index contributed by atoms with van der Waals surface area (Å²) in [5, 5.41) is 0. The van der Waals surface area contributed by atoms with Crippen molar-refractivity contribution in [3.63, 3.8) is 0 Å². The molecule has 1 rings (SSSR count). The number of rotatable bonds is 8. The van der Waals surface area contributed by atoms with Gasteiger partial charge in [0, 0.05) is 6.54 Å². The zero-order chi connectivity index (χ0) is 16.4. The first-order valence-electron chi connectivity index (χ1n) is 7.13. The lowest BCUT2D eigenvalue weighted by Gasteiger charge is -2.20. The van der Waals surface area contributed by atoms with E-state index >= 15 is 0 Å². The molecule has 0 spiro atoms. The van der Waals surface area contributed by atoms with Gasteiger partial charge in [0.05, 0.1) is 19.6 Å². The molecule has 0 aromatic heterocycles. The molecular formula is C16H21NO5. The summed E-state index contributed by atoms with van der Waals surface area (Å²) < 4.78 is 9.97. The topological polar surface area (TPSA) is 72.9 Å². The first-order chi connectivity index (χ1) is 10.5. The second-order valence-electron chi connectivity index (χ2n) is 4.72. The van der Waals surface area contributed by atoms with Gasteiger partial charge in [-0.1, -0.05) is 30.3 Å². The monoisotopic (exact) mass is 307 g/mol. The lowest BCUT2D eigenvalue weighted by atomic mass is 10.2. The number of benzene rings is 1. The Labute approximate surface area is 130 Å². The summed E-state index contributed by atoms with van der Waals surface area (Å²) >= 11 is 0. The van der Waals surface area contributed by atoms with E-state index in [1.807, 2.05) is 30.3 Å². The first-order valence-corrected chi connectivity index (χ1v) is 7.13. The Morgan fingerprint density at radius 2 is 1.77 bits per heavy atom. The average Bonchev–Trinajstić information content (AvgIpc) is 2.50. The Morgan fingerprint density at radius 1 is 1.09 bits per heavy atom. The van der Waals surface area contributed by atoms with Crippen molar-refractivity contribution in [1.82, 2.24) is 4.90 Å². The molecule has 1 aromatic carbocycles. The summed E-state index contributed by atoms with van der Waals surface area (Å²) in [4.78, 5) is 35.8. The maximum absolute atomic E-state index is 12.0. The second kappa shape index (κ2) is 9.55. The maximum atomic E-state index is 12.0. The molecule has 1 amide bonds. The van der Waals surface area contributed by atoms with Gasteiger partial charge in [-0.2, -0.15) is 0 Å². The van der Waals surface area contributed by atoms with E-state index in [0.717, 1.165) is 5.56 Å². The van der Waals surface area contributed by atoms with Crippen LogP contribution in [-0.4, -0.2) is 42.4 Å². The van der Waals surface area contributed by atoms with Gasteiger partial charge in [-0.05, 0) is 19.4 Å². The fraction of sp³-hybridized carbons (Fsp3) is 0.438. The van der Waals surface area contributed by atoms with E-state index in [2.05, 4.69) is 0 Å². The van der Waals surface area contributed by atoms with Crippen LogP contribution in [0, 0.1) is 0 Å². The Kier molecular flexibility index (Phi) is 7.67. The number of ketones is 1. The van der Waals surface area contributed by atoms with Crippen LogP contribution < -0.4 is 0 Å². The highest BCUT2D eigenvalue weighted by molar-refractivity contribution is 5.82. The van der Waals surface area contributed by atoms with Gasteiger partial charge in [0.25, 0.3) is 0 Å². The van der Waals surface area contributed by atoms with E-state index in [1.165, 1.54) is 11.8 Å². The predicted octanol–water partition coefficient (Wildman–Crippen LogP) is 2.17. The number of esters is 1. The predicted molar refractivity (Wildman–Crippen MR) is 80.1 cm³/mol. The van der Waals surface area contributed by atoms with Crippen LogP contribution in [0.2, 0.25) is 0 Å². The number of carbonyl (C=O) groups excluding carboxylic acids is 3. The number of hydrogen-bond acceptors (Lipinski definition) is 5. The van der Waals surface area contributed by atoms with Gasteiger partial charge in [-0.25, -0.2) is 4.79 Å². The maximum Gasteiger partial charge on any atom is 0.410 e. The van der Waals surface area contributed by atoms with Gasteiger partial charge in [-0.3, -0.25) is 9.59 Å². The number of nitrogens with zero attached hydrogens (tertiary/aromatic N) is 1. The van der Waals surface area contributed by atoms with Crippen molar-refractivity contribution in [3.05, 3.63) is 35.9 Å². The average molecular weight is 307 g/mol. The smallest absolute Gasteiger partial charge is 0.410 e. The van der Waals surface area contributed by atoms with Gasteiger partial charge in [0.15, 0.2) is 0 Å². The van der Waals surface area contributed by atoms with Crippen LogP contribution in [0.5, 0.6) is 0 Å². The fourth-order valence-corrected chi connectivity index (χ4v) is 1.77. The SMILES string of the molecule is CCOC(=O)CCN(CC(C)=O)C(=O)OCc1ccccc1. The lowest BCUT2D eigenvalue weighted by Crippen LogP contribution is -2.37. The Morgan fingerprint density at radius 3 is 2.36 bits per heavy atom. The number of Topliss-reactive ketones (excluding diaryl/α,β-unsaturated/α-hetero) is 1. The van der Waals surface area contributed by atoms with Gasteiger partial charge in [-0.15, -0.1) is 0 Å². The van der Waals surface area contributed by atoms with Gasteiger partial charge >= 0.3 is 12.1 Å². The molecule has 0 bridgehead atoms. The molecule has 120 valence electrons. The highest BCUT2D eigenvalue weighted by Gasteiger charge is 2.18. The Bertz CT molecular complexity index is 501. The Balaban J connectivity index is 2.52. The van der Waals surface area contributed by atoms with Crippen molar-refractivity contribution in [2.24, 2.45) is 0 Å². The fourth-order valence-electron chi connectivity index (χ4n) is 1.77. The molecule has 6 nitrogen and oxygen atoms in total. The number of ether oxygens (including phenoxy) is 2. The normalized spacial score (nSPS) is 9.91. The third kappa shape index (κ3) is 6.88. The van der Waals surface area contributed by atoms with Crippen molar-refractivity contribution in [3.8, 4) is 0 Å². The lowest BCUT2D eigenvalue weighted by molar-refractivity contribution is -0.143. The molecule has 0 saturated heterocycles. The molecule has 0 heterocycles. The van der Waals surface area contributed by atoms with Crippen LogP contribution >= 0.6 is 0 Å². The summed E-state index contributed by atoms with van der Waals surface area (Å²) in [5.74, 6) is -0.590. The molecule has 6 heteroatoms. The van der Waals surface area contributed by atoms with E-state index in [-0.39, 0.29) is 38.5 Å². The van der Waals surface area contributed by atoms with Crippen molar-refractivity contribution < 1.29 is 23.9 Å².